The van der Waals surface area contributed by atoms with Crippen LogP contribution in [0.15, 0.2) is 0 Å². The lowest BCUT2D eigenvalue weighted by Crippen LogP contribution is -2.58. The molecule has 94 valence electrons. The predicted molar refractivity (Wildman–Crippen MR) is 64.2 cm³/mol. The van der Waals surface area contributed by atoms with E-state index in [9.17, 15) is 4.79 Å². The highest BCUT2D eigenvalue weighted by molar-refractivity contribution is 5.68. The molecule has 16 heavy (non-hydrogen) atoms. The van der Waals surface area contributed by atoms with Gasteiger partial charge in [0.2, 0.25) is 0 Å². The minimum atomic E-state index is -0.459. The fourth-order valence-corrected chi connectivity index (χ4v) is 1.90. The standard InChI is InChI=1S/C12H24N2O2/c1-11(2,3)16-10(15)14-12(4,8-13)9-6-5-7-9/h9H,5-8,13H2,1-4H3,(H,14,15). The van der Waals surface area contributed by atoms with Crippen molar-refractivity contribution in [1.82, 2.24) is 5.32 Å². The van der Waals surface area contributed by atoms with Crippen molar-refractivity contribution < 1.29 is 9.53 Å². The fourth-order valence-electron chi connectivity index (χ4n) is 1.90. The van der Waals surface area contributed by atoms with Gasteiger partial charge in [-0.1, -0.05) is 6.42 Å². The monoisotopic (exact) mass is 228 g/mol. The van der Waals surface area contributed by atoms with Crippen LogP contribution in [0, 0.1) is 5.92 Å². The summed E-state index contributed by atoms with van der Waals surface area (Å²) < 4.78 is 5.25. The first kappa shape index (κ1) is 13.3. The van der Waals surface area contributed by atoms with Crippen LogP contribution in [0.3, 0.4) is 0 Å². The van der Waals surface area contributed by atoms with Crippen LogP contribution in [0.25, 0.3) is 0 Å². The van der Waals surface area contributed by atoms with Gasteiger partial charge < -0.3 is 15.8 Å². The number of rotatable bonds is 3. The third kappa shape index (κ3) is 3.37. The Kier molecular flexibility index (Phi) is 3.84. The van der Waals surface area contributed by atoms with E-state index in [4.69, 9.17) is 10.5 Å². The largest absolute Gasteiger partial charge is 0.444 e. The van der Waals surface area contributed by atoms with Crippen LogP contribution in [0.4, 0.5) is 4.79 Å². The Labute approximate surface area is 97.9 Å². The van der Waals surface area contributed by atoms with Crippen molar-refractivity contribution in [2.75, 3.05) is 6.54 Å². The lowest BCUT2D eigenvalue weighted by Gasteiger charge is -2.42. The van der Waals surface area contributed by atoms with E-state index in [1.165, 1.54) is 6.42 Å². The minimum absolute atomic E-state index is 0.319. The minimum Gasteiger partial charge on any atom is -0.444 e. The molecule has 1 aliphatic carbocycles. The van der Waals surface area contributed by atoms with Crippen LogP contribution in [0.2, 0.25) is 0 Å². The summed E-state index contributed by atoms with van der Waals surface area (Å²) in [7, 11) is 0. The molecule has 0 aliphatic heterocycles. The second-order valence-electron chi connectivity index (χ2n) is 5.88. The Morgan fingerprint density at radius 2 is 1.94 bits per heavy atom. The topological polar surface area (TPSA) is 64.3 Å². The summed E-state index contributed by atoms with van der Waals surface area (Å²) in [6.07, 6.45) is 3.15. The Morgan fingerprint density at radius 1 is 1.38 bits per heavy atom. The van der Waals surface area contributed by atoms with Gasteiger partial charge in [-0.25, -0.2) is 4.79 Å². The van der Waals surface area contributed by atoms with Crippen molar-refractivity contribution in [3.05, 3.63) is 0 Å². The highest BCUT2D eigenvalue weighted by Gasteiger charge is 2.38. The Bertz CT molecular complexity index is 256. The third-order valence-electron chi connectivity index (χ3n) is 3.22. The highest BCUT2D eigenvalue weighted by atomic mass is 16.6. The molecule has 1 fully saturated rings. The average molecular weight is 228 g/mol. The van der Waals surface area contributed by atoms with Gasteiger partial charge >= 0.3 is 6.09 Å². The molecule has 1 unspecified atom stereocenters. The zero-order chi connectivity index (χ0) is 12.4. The van der Waals surface area contributed by atoms with E-state index >= 15 is 0 Å². The summed E-state index contributed by atoms with van der Waals surface area (Å²) >= 11 is 0. The van der Waals surface area contributed by atoms with Gasteiger partial charge in [-0.3, -0.25) is 0 Å². The van der Waals surface area contributed by atoms with E-state index in [2.05, 4.69) is 5.32 Å². The molecule has 0 aromatic carbocycles. The third-order valence-corrected chi connectivity index (χ3v) is 3.22. The van der Waals surface area contributed by atoms with Crippen molar-refractivity contribution in [2.45, 2.75) is 58.1 Å². The van der Waals surface area contributed by atoms with Gasteiger partial charge in [0, 0.05) is 6.54 Å². The lowest BCUT2D eigenvalue weighted by atomic mass is 9.71. The highest BCUT2D eigenvalue weighted by Crippen LogP contribution is 2.35. The molecule has 4 heteroatoms. The molecular weight excluding hydrogens is 204 g/mol. The van der Waals surface area contributed by atoms with Gasteiger partial charge in [0.25, 0.3) is 0 Å². The van der Waals surface area contributed by atoms with Crippen LogP contribution in [-0.2, 0) is 4.74 Å². The van der Waals surface area contributed by atoms with Crippen molar-refractivity contribution in [2.24, 2.45) is 11.7 Å². The molecular formula is C12H24N2O2. The molecule has 1 amide bonds. The number of hydrogen-bond donors (Lipinski definition) is 2. The summed E-state index contributed by atoms with van der Waals surface area (Å²) in [5.41, 5.74) is 4.98. The van der Waals surface area contributed by atoms with E-state index in [-0.39, 0.29) is 11.6 Å². The maximum absolute atomic E-state index is 11.7. The normalized spacial score (nSPS) is 20.8. The van der Waals surface area contributed by atoms with Crippen LogP contribution in [0.5, 0.6) is 0 Å². The maximum Gasteiger partial charge on any atom is 0.408 e. The number of ether oxygens (including phenoxy) is 1. The van der Waals surface area contributed by atoms with Crippen LogP contribution >= 0.6 is 0 Å². The van der Waals surface area contributed by atoms with Crippen molar-refractivity contribution in [3.63, 3.8) is 0 Å². The summed E-state index contributed by atoms with van der Waals surface area (Å²) in [5.74, 6) is 0.491. The first-order chi connectivity index (χ1) is 7.27. The SMILES string of the molecule is CC(C)(C)OC(=O)NC(C)(CN)C1CCC1. The summed E-state index contributed by atoms with van der Waals surface area (Å²) in [6, 6.07) is 0. The molecule has 4 nitrogen and oxygen atoms in total. The zero-order valence-corrected chi connectivity index (χ0v) is 10.8. The van der Waals surface area contributed by atoms with E-state index < -0.39 is 5.60 Å². The molecule has 0 heterocycles. The number of carbonyl (C=O) groups excluding carboxylic acids is 1. The zero-order valence-electron chi connectivity index (χ0n) is 10.8. The molecule has 0 spiro atoms. The number of hydrogen-bond acceptors (Lipinski definition) is 3. The molecule has 0 aromatic rings. The first-order valence-corrected chi connectivity index (χ1v) is 5.98. The summed E-state index contributed by atoms with van der Waals surface area (Å²) in [6.45, 7) is 8.03. The van der Waals surface area contributed by atoms with Gasteiger partial charge in [0.1, 0.15) is 5.60 Å². The van der Waals surface area contributed by atoms with E-state index in [0.717, 1.165) is 12.8 Å². The van der Waals surface area contributed by atoms with Crippen molar-refractivity contribution in [3.8, 4) is 0 Å². The molecule has 0 aromatic heterocycles. The average Bonchev–Trinajstić information content (AvgIpc) is 1.96. The summed E-state index contributed by atoms with van der Waals surface area (Å²) in [4.78, 5) is 11.7. The molecule has 0 saturated heterocycles. The van der Waals surface area contributed by atoms with Gasteiger partial charge in [-0.15, -0.1) is 0 Å². The van der Waals surface area contributed by atoms with Gasteiger partial charge in [-0.2, -0.15) is 0 Å². The second kappa shape index (κ2) is 4.62. The smallest absolute Gasteiger partial charge is 0.408 e. The van der Waals surface area contributed by atoms with Crippen molar-refractivity contribution >= 4 is 6.09 Å². The van der Waals surface area contributed by atoms with Crippen molar-refractivity contribution in [1.29, 1.82) is 0 Å². The molecule has 1 atom stereocenters. The van der Waals surface area contributed by atoms with E-state index in [0.29, 0.717) is 12.5 Å². The lowest BCUT2D eigenvalue weighted by molar-refractivity contribution is 0.0379. The van der Waals surface area contributed by atoms with Crippen LogP contribution in [0.1, 0.15) is 47.0 Å². The maximum atomic E-state index is 11.7. The Morgan fingerprint density at radius 3 is 2.25 bits per heavy atom. The number of nitrogens with two attached hydrogens (primary N) is 1. The number of amides is 1. The Hall–Kier alpha value is -0.770. The second-order valence-corrected chi connectivity index (χ2v) is 5.88. The van der Waals surface area contributed by atoms with E-state index in [1.807, 2.05) is 27.7 Å². The predicted octanol–water partition coefficient (Wildman–Crippen LogP) is 2.03. The Balaban J connectivity index is 2.52. The van der Waals surface area contributed by atoms with Gasteiger partial charge in [0.05, 0.1) is 5.54 Å². The van der Waals surface area contributed by atoms with Crippen LogP contribution in [-0.4, -0.2) is 23.8 Å². The number of alkyl carbamates (subject to hydrolysis) is 1. The number of carbonyl (C=O) groups is 1. The number of nitrogens with one attached hydrogen (secondary N) is 1. The van der Waals surface area contributed by atoms with E-state index in [1.54, 1.807) is 0 Å². The quantitative estimate of drug-likeness (QED) is 0.776. The van der Waals surface area contributed by atoms with Gasteiger partial charge in [0.15, 0.2) is 0 Å². The molecule has 0 radical (unpaired) electrons. The fraction of sp³-hybridized carbons (Fsp3) is 0.917. The molecule has 1 rings (SSSR count). The molecule has 3 N–H and O–H groups in total. The molecule has 1 aliphatic rings. The first-order valence-electron chi connectivity index (χ1n) is 5.98. The van der Waals surface area contributed by atoms with Crippen LogP contribution < -0.4 is 11.1 Å². The summed E-state index contributed by atoms with van der Waals surface area (Å²) in [5, 5.41) is 2.92. The molecule has 0 bridgehead atoms. The molecule has 1 saturated carbocycles. The van der Waals surface area contributed by atoms with Gasteiger partial charge in [-0.05, 0) is 46.5 Å².